The summed E-state index contributed by atoms with van der Waals surface area (Å²) in [6.07, 6.45) is 4.82. The van der Waals surface area contributed by atoms with E-state index in [0.717, 1.165) is 25.2 Å². The lowest BCUT2D eigenvalue weighted by atomic mass is 10.00. The average Bonchev–Trinajstić information content (AvgIpc) is 3.07. The number of carbonyl (C=O) groups excluding carboxylic acids is 1. The van der Waals surface area contributed by atoms with Crippen molar-refractivity contribution in [3.8, 4) is 0 Å². The lowest BCUT2D eigenvalue weighted by Crippen LogP contribution is -2.39. The van der Waals surface area contributed by atoms with Crippen molar-refractivity contribution in [2.45, 2.75) is 38.5 Å². The highest BCUT2D eigenvalue weighted by Gasteiger charge is 2.28. The van der Waals surface area contributed by atoms with Crippen molar-refractivity contribution in [2.75, 3.05) is 13.1 Å². The monoisotopic (exact) mass is 233 g/mol. The van der Waals surface area contributed by atoms with Gasteiger partial charge in [-0.15, -0.1) is 0 Å². The van der Waals surface area contributed by atoms with Gasteiger partial charge in [0.2, 0.25) is 0 Å². The molecule has 1 aliphatic carbocycles. The third-order valence-corrected chi connectivity index (χ3v) is 3.78. The maximum atomic E-state index is 12.2. The Morgan fingerprint density at radius 3 is 3.00 bits per heavy atom. The Kier molecular flexibility index (Phi) is 2.65. The van der Waals surface area contributed by atoms with E-state index in [1.165, 1.54) is 19.3 Å². The van der Waals surface area contributed by atoms with Crippen molar-refractivity contribution in [3.05, 3.63) is 17.5 Å². The Morgan fingerprint density at radius 1 is 1.47 bits per heavy atom. The van der Waals surface area contributed by atoms with Crippen molar-refractivity contribution >= 4 is 5.91 Å². The highest BCUT2D eigenvalue weighted by molar-refractivity contribution is 5.92. The molecule has 1 saturated heterocycles. The third-order valence-electron chi connectivity index (χ3n) is 3.78. The number of rotatable bonds is 2. The van der Waals surface area contributed by atoms with Crippen molar-refractivity contribution in [1.82, 2.24) is 15.1 Å². The van der Waals surface area contributed by atoms with E-state index in [1.807, 2.05) is 11.0 Å². The van der Waals surface area contributed by atoms with Gasteiger partial charge >= 0.3 is 0 Å². The van der Waals surface area contributed by atoms with Gasteiger partial charge in [-0.05, 0) is 37.7 Å². The molecule has 2 fully saturated rings. The van der Waals surface area contributed by atoms with Crippen molar-refractivity contribution in [3.63, 3.8) is 0 Å². The fourth-order valence-electron chi connectivity index (χ4n) is 2.59. The molecule has 0 radical (unpaired) electrons. The van der Waals surface area contributed by atoms with Crippen LogP contribution in [0.3, 0.4) is 0 Å². The second-order valence-corrected chi connectivity index (χ2v) is 5.48. The van der Waals surface area contributed by atoms with Crippen molar-refractivity contribution < 1.29 is 4.79 Å². The number of aromatic nitrogens is 2. The summed E-state index contributed by atoms with van der Waals surface area (Å²) < 4.78 is 0. The number of nitrogens with one attached hydrogen (secondary N) is 1. The molecular formula is C13H19N3O. The molecule has 1 amide bonds. The number of piperidine rings is 1. The summed E-state index contributed by atoms with van der Waals surface area (Å²) in [7, 11) is 0. The second kappa shape index (κ2) is 4.17. The van der Waals surface area contributed by atoms with E-state index in [9.17, 15) is 4.79 Å². The summed E-state index contributed by atoms with van der Waals surface area (Å²) in [5.74, 6) is 1.35. The molecule has 17 heavy (non-hydrogen) atoms. The van der Waals surface area contributed by atoms with Crippen molar-refractivity contribution in [1.29, 1.82) is 0 Å². The van der Waals surface area contributed by atoms with Crippen LogP contribution in [-0.4, -0.2) is 34.1 Å². The molecule has 1 aromatic heterocycles. The van der Waals surface area contributed by atoms with Crippen LogP contribution >= 0.6 is 0 Å². The lowest BCUT2D eigenvalue weighted by Gasteiger charge is -2.30. The van der Waals surface area contributed by atoms with Gasteiger partial charge in [0.25, 0.3) is 5.91 Å². The molecule has 0 unspecified atom stereocenters. The van der Waals surface area contributed by atoms with E-state index >= 15 is 0 Å². The summed E-state index contributed by atoms with van der Waals surface area (Å²) in [6.45, 7) is 3.97. The first-order valence-electron chi connectivity index (χ1n) is 6.58. The summed E-state index contributed by atoms with van der Waals surface area (Å²) >= 11 is 0. The van der Waals surface area contributed by atoms with Crippen LogP contribution in [0.2, 0.25) is 0 Å². The van der Waals surface area contributed by atoms with Gasteiger partial charge in [-0.3, -0.25) is 9.89 Å². The molecular weight excluding hydrogens is 214 g/mol. The van der Waals surface area contributed by atoms with Gasteiger partial charge < -0.3 is 4.90 Å². The summed E-state index contributed by atoms with van der Waals surface area (Å²) in [5, 5.41) is 7.16. The zero-order valence-corrected chi connectivity index (χ0v) is 10.3. The highest BCUT2D eigenvalue weighted by Crippen LogP contribution is 2.39. The second-order valence-electron chi connectivity index (χ2n) is 5.48. The molecule has 0 aromatic carbocycles. The molecule has 0 spiro atoms. The van der Waals surface area contributed by atoms with Crippen LogP contribution in [0, 0.1) is 5.92 Å². The van der Waals surface area contributed by atoms with E-state index in [-0.39, 0.29) is 5.91 Å². The molecule has 2 aliphatic rings. The predicted molar refractivity (Wildman–Crippen MR) is 64.9 cm³/mol. The highest BCUT2D eigenvalue weighted by atomic mass is 16.2. The van der Waals surface area contributed by atoms with E-state index in [1.54, 1.807) is 0 Å². The summed E-state index contributed by atoms with van der Waals surface area (Å²) in [6, 6.07) is 1.94. The molecule has 3 rings (SSSR count). The van der Waals surface area contributed by atoms with Crippen LogP contribution in [0.1, 0.15) is 54.7 Å². The lowest BCUT2D eigenvalue weighted by molar-refractivity contribution is 0.0677. The minimum atomic E-state index is 0.0969. The van der Waals surface area contributed by atoms with E-state index in [4.69, 9.17) is 0 Å². The fraction of sp³-hybridized carbons (Fsp3) is 0.692. The third kappa shape index (κ3) is 2.21. The van der Waals surface area contributed by atoms with Crippen molar-refractivity contribution in [2.24, 2.45) is 5.92 Å². The first-order chi connectivity index (χ1) is 8.24. The Hall–Kier alpha value is -1.32. The number of carbonyl (C=O) groups is 1. The first-order valence-corrected chi connectivity index (χ1v) is 6.58. The van der Waals surface area contributed by atoms with Gasteiger partial charge in [-0.2, -0.15) is 5.10 Å². The number of amides is 1. The maximum absolute atomic E-state index is 12.2. The molecule has 1 N–H and O–H groups in total. The minimum Gasteiger partial charge on any atom is -0.337 e. The van der Waals surface area contributed by atoms with Gasteiger partial charge in [-0.1, -0.05) is 6.92 Å². The SMILES string of the molecule is C[C@@H]1CCCN(C(=O)c2cc(C3CC3)[nH]n2)C1. The molecule has 0 bridgehead atoms. The molecule has 1 saturated carbocycles. The Bertz CT molecular complexity index is 422. The Balaban J connectivity index is 1.71. The number of nitrogens with zero attached hydrogens (tertiary/aromatic N) is 2. The summed E-state index contributed by atoms with van der Waals surface area (Å²) in [5.41, 5.74) is 1.74. The number of likely N-dealkylation sites (tertiary alicyclic amines) is 1. The van der Waals surface area contributed by atoms with Crippen LogP contribution < -0.4 is 0 Å². The molecule has 92 valence electrons. The topological polar surface area (TPSA) is 49.0 Å². The van der Waals surface area contributed by atoms with Gasteiger partial charge in [0.05, 0.1) is 0 Å². The van der Waals surface area contributed by atoms with Crippen LogP contribution in [0.4, 0.5) is 0 Å². The van der Waals surface area contributed by atoms with Crippen LogP contribution in [0.15, 0.2) is 6.07 Å². The minimum absolute atomic E-state index is 0.0969. The summed E-state index contributed by atoms with van der Waals surface area (Å²) in [4.78, 5) is 14.2. The number of aromatic amines is 1. The molecule has 1 aromatic rings. The molecule has 1 aliphatic heterocycles. The molecule has 1 atom stereocenters. The number of hydrogen-bond donors (Lipinski definition) is 1. The number of hydrogen-bond acceptors (Lipinski definition) is 2. The average molecular weight is 233 g/mol. The van der Waals surface area contributed by atoms with E-state index < -0.39 is 0 Å². The Labute approximate surface area is 101 Å². The van der Waals surface area contributed by atoms with Gasteiger partial charge in [-0.25, -0.2) is 0 Å². The quantitative estimate of drug-likeness (QED) is 0.851. The van der Waals surface area contributed by atoms with Crippen LogP contribution in [-0.2, 0) is 0 Å². The van der Waals surface area contributed by atoms with Crippen LogP contribution in [0.25, 0.3) is 0 Å². The van der Waals surface area contributed by atoms with Gasteiger partial charge in [0.1, 0.15) is 5.69 Å². The van der Waals surface area contributed by atoms with Crippen LogP contribution in [0.5, 0.6) is 0 Å². The fourth-order valence-corrected chi connectivity index (χ4v) is 2.59. The number of H-pyrrole nitrogens is 1. The standard InChI is InChI=1S/C13H19N3O/c1-9-3-2-6-16(8-9)13(17)12-7-11(14-15-12)10-4-5-10/h7,9-10H,2-6,8H2,1H3,(H,14,15)/t9-/m1/s1. The maximum Gasteiger partial charge on any atom is 0.274 e. The smallest absolute Gasteiger partial charge is 0.274 e. The largest absolute Gasteiger partial charge is 0.337 e. The van der Waals surface area contributed by atoms with Gasteiger partial charge in [0, 0.05) is 24.7 Å². The van der Waals surface area contributed by atoms with E-state index in [2.05, 4.69) is 17.1 Å². The normalized spacial score (nSPS) is 25.0. The van der Waals surface area contributed by atoms with E-state index in [0.29, 0.717) is 17.5 Å². The zero-order chi connectivity index (χ0) is 11.8. The van der Waals surface area contributed by atoms with Gasteiger partial charge in [0.15, 0.2) is 0 Å². The molecule has 4 nitrogen and oxygen atoms in total. The Morgan fingerprint density at radius 2 is 2.29 bits per heavy atom. The predicted octanol–water partition coefficient (Wildman–Crippen LogP) is 2.16. The molecule has 4 heteroatoms. The first kappa shape index (κ1) is 10.8. The zero-order valence-electron chi connectivity index (χ0n) is 10.3. The molecule has 2 heterocycles.